The molecule has 0 amide bonds. The van der Waals surface area contributed by atoms with Gasteiger partial charge in [-0.15, -0.1) is 10.2 Å². The second-order valence-electron chi connectivity index (χ2n) is 6.89. The Morgan fingerprint density at radius 2 is 1.67 bits per heavy atom. The van der Waals surface area contributed by atoms with Gasteiger partial charge in [-0.05, 0) is 59.3 Å². The molecule has 8 nitrogen and oxygen atoms in total. The fourth-order valence-corrected chi connectivity index (χ4v) is 5.64. The summed E-state index contributed by atoms with van der Waals surface area (Å²) in [6, 6.07) is 16.3. The third-order valence-electron chi connectivity index (χ3n) is 4.81. The Morgan fingerprint density at radius 1 is 0.900 bits per heavy atom. The molecule has 0 bridgehead atoms. The van der Waals surface area contributed by atoms with Gasteiger partial charge in [-0.2, -0.15) is 4.31 Å². The number of pyridine rings is 1. The van der Waals surface area contributed by atoms with E-state index in [1.165, 1.54) is 4.31 Å². The number of anilines is 3. The fourth-order valence-electron chi connectivity index (χ4n) is 3.26. The van der Waals surface area contributed by atoms with Crippen LogP contribution in [-0.4, -0.2) is 54.1 Å². The monoisotopic (exact) mass is 488 g/mol. The van der Waals surface area contributed by atoms with Crippen LogP contribution in [0.1, 0.15) is 5.69 Å². The molecule has 2 aromatic heterocycles. The van der Waals surface area contributed by atoms with E-state index in [-0.39, 0.29) is 0 Å². The maximum Gasteiger partial charge on any atom is 0.244 e. The van der Waals surface area contributed by atoms with Gasteiger partial charge in [0.2, 0.25) is 10.0 Å². The number of aryl methyl sites for hydroxylation is 1. The van der Waals surface area contributed by atoms with Crippen LogP contribution in [0.3, 0.4) is 0 Å². The summed E-state index contributed by atoms with van der Waals surface area (Å²) in [5.74, 6) is 2.03. The van der Waals surface area contributed by atoms with Crippen LogP contribution in [0.15, 0.2) is 64.0 Å². The number of piperazine rings is 1. The highest BCUT2D eigenvalue weighted by Gasteiger charge is 2.30. The van der Waals surface area contributed by atoms with Crippen LogP contribution in [0.25, 0.3) is 0 Å². The molecule has 0 saturated carbocycles. The van der Waals surface area contributed by atoms with E-state index in [9.17, 15) is 8.42 Å². The van der Waals surface area contributed by atoms with Gasteiger partial charge in [0.15, 0.2) is 11.6 Å². The van der Waals surface area contributed by atoms with Crippen molar-refractivity contribution in [2.45, 2.75) is 11.8 Å². The lowest BCUT2D eigenvalue weighted by molar-refractivity contribution is 0.383. The summed E-state index contributed by atoms with van der Waals surface area (Å²) in [7, 11) is -3.54. The summed E-state index contributed by atoms with van der Waals surface area (Å²) in [4.78, 5) is 6.71. The van der Waals surface area contributed by atoms with E-state index in [0.717, 1.165) is 11.5 Å². The zero-order chi connectivity index (χ0) is 21.1. The number of hydrogen-bond acceptors (Lipinski definition) is 7. The molecule has 0 unspecified atom stereocenters. The fraction of sp³-hybridized carbons (Fsp3) is 0.250. The molecular formula is C20H21BrN6O2S. The second-order valence-corrected chi connectivity index (χ2v) is 9.65. The topological polar surface area (TPSA) is 91.3 Å². The number of benzene rings is 1. The third-order valence-corrected chi connectivity index (χ3v) is 7.72. The molecule has 3 heterocycles. The molecule has 0 spiro atoms. The van der Waals surface area contributed by atoms with Gasteiger partial charge in [0.25, 0.3) is 0 Å². The van der Waals surface area contributed by atoms with Gasteiger partial charge >= 0.3 is 0 Å². The minimum atomic E-state index is -3.54. The molecule has 1 aliphatic rings. The minimum Gasteiger partial charge on any atom is -0.352 e. The molecule has 30 heavy (non-hydrogen) atoms. The van der Waals surface area contributed by atoms with E-state index in [1.807, 2.05) is 42.2 Å². The quantitative estimate of drug-likeness (QED) is 0.589. The molecule has 3 aromatic rings. The highest BCUT2D eigenvalue weighted by atomic mass is 79.9. The molecule has 156 valence electrons. The zero-order valence-corrected chi connectivity index (χ0v) is 18.8. The molecule has 1 aromatic carbocycles. The van der Waals surface area contributed by atoms with Crippen molar-refractivity contribution in [1.82, 2.24) is 19.5 Å². The van der Waals surface area contributed by atoms with Crippen LogP contribution >= 0.6 is 15.9 Å². The summed E-state index contributed by atoms with van der Waals surface area (Å²) < 4.78 is 27.9. The van der Waals surface area contributed by atoms with Crippen molar-refractivity contribution in [3.05, 3.63) is 64.8 Å². The van der Waals surface area contributed by atoms with E-state index >= 15 is 0 Å². The van der Waals surface area contributed by atoms with Crippen molar-refractivity contribution < 1.29 is 8.42 Å². The first-order valence-corrected chi connectivity index (χ1v) is 11.7. The molecule has 0 atom stereocenters. The molecule has 0 radical (unpaired) electrons. The largest absolute Gasteiger partial charge is 0.352 e. The van der Waals surface area contributed by atoms with Gasteiger partial charge in [0.05, 0.1) is 4.90 Å². The van der Waals surface area contributed by atoms with Gasteiger partial charge in [-0.3, -0.25) is 0 Å². The zero-order valence-electron chi connectivity index (χ0n) is 16.4. The van der Waals surface area contributed by atoms with E-state index < -0.39 is 10.0 Å². The molecule has 1 fully saturated rings. The highest BCUT2D eigenvalue weighted by Crippen LogP contribution is 2.26. The first-order valence-electron chi connectivity index (χ1n) is 9.47. The molecule has 1 saturated heterocycles. The maximum atomic E-state index is 12.9. The van der Waals surface area contributed by atoms with E-state index in [4.69, 9.17) is 0 Å². The SMILES string of the molecule is Cc1cccc(Nc2ccc(N3CCN(S(=O)(=O)c4ccccc4Br)CC3)nn2)n1. The van der Waals surface area contributed by atoms with E-state index in [1.54, 1.807) is 24.3 Å². The van der Waals surface area contributed by atoms with Crippen LogP contribution in [0.5, 0.6) is 0 Å². The highest BCUT2D eigenvalue weighted by molar-refractivity contribution is 9.10. The number of nitrogens with zero attached hydrogens (tertiary/aromatic N) is 5. The van der Waals surface area contributed by atoms with Crippen LogP contribution in [0, 0.1) is 6.92 Å². The summed E-state index contributed by atoms with van der Waals surface area (Å²) in [5.41, 5.74) is 0.917. The predicted octanol–water partition coefficient (Wildman–Crippen LogP) is 3.20. The summed E-state index contributed by atoms with van der Waals surface area (Å²) in [6.45, 7) is 3.79. The van der Waals surface area contributed by atoms with Crippen molar-refractivity contribution in [1.29, 1.82) is 0 Å². The molecule has 1 N–H and O–H groups in total. The smallest absolute Gasteiger partial charge is 0.244 e. The van der Waals surface area contributed by atoms with Crippen LogP contribution < -0.4 is 10.2 Å². The lowest BCUT2D eigenvalue weighted by atomic mass is 10.3. The lowest BCUT2D eigenvalue weighted by Crippen LogP contribution is -2.49. The molecule has 1 aliphatic heterocycles. The summed E-state index contributed by atoms with van der Waals surface area (Å²) in [6.07, 6.45) is 0. The van der Waals surface area contributed by atoms with Crippen molar-refractivity contribution in [2.75, 3.05) is 36.4 Å². The Bertz CT molecular complexity index is 1130. The van der Waals surface area contributed by atoms with Gasteiger partial charge < -0.3 is 10.2 Å². The number of hydrogen-bond donors (Lipinski definition) is 1. The Labute approximate surface area is 184 Å². The average molecular weight is 489 g/mol. The Hall–Kier alpha value is -2.56. The second kappa shape index (κ2) is 8.66. The number of aromatic nitrogens is 3. The third kappa shape index (κ3) is 4.45. The molecule has 4 rings (SSSR count). The van der Waals surface area contributed by atoms with Gasteiger partial charge in [-0.25, -0.2) is 13.4 Å². The number of rotatable bonds is 5. The van der Waals surface area contributed by atoms with Crippen LogP contribution in [-0.2, 0) is 10.0 Å². The van der Waals surface area contributed by atoms with Gasteiger partial charge in [-0.1, -0.05) is 18.2 Å². The maximum absolute atomic E-state index is 12.9. The Morgan fingerprint density at radius 3 is 2.33 bits per heavy atom. The Kier molecular flexibility index (Phi) is 5.98. The van der Waals surface area contributed by atoms with Crippen molar-refractivity contribution in [2.24, 2.45) is 0 Å². The van der Waals surface area contributed by atoms with Crippen molar-refractivity contribution in [3.8, 4) is 0 Å². The predicted molar refractivity (Wildman–Crippen MR) is 119 cm³/mol. The molecular weight excluding hydrogens is 468 g/mol. The van der Waals surface area contributed by atoms with Gasteiger partial charge in [0, 0.05) is 36.3 Å². The number of sulfonamides is 1. The number of nitrogens with one attached hydrogen (secondary N) is 1. The molecule has 10 heteroatoms. The van der Waals surface area contributed by atoms with Crippen molar-refractivity contribution >= 4 is 43.4 Å². The van der Waals surface area contributed by atoms with Gasteiger partial charge in [0.1, 0.15) is 5.82 Å². The minimum absolute atomic E-state index is 0.290. The normalized spacial score (nSPS) is 15.2. The first kappa shape index (κ1) is 20.7. The van der Waals surface area contributed by atoms with E-state index in [2.05, 4.69) is 36.4 Å². The summed E-state index contributed by atoms with van der Waals surface area (Å²) >= 11 is 3.34. The first-order chi connectivity index (χ1) is 14.4. The average Bonchev–Trinajstić information content (AvgIpc) is 2.75. The van der Waals surface area contributed by atoms with Crippen LogP contribution in [0.2, 0.25) is 0 Å². The number of halogens is 1. The van der Waals surface area contributed by atoms with E-state index in [0.29, 0.717) is 47.2 Å². The van der Waals surface area contributed by atoms with Crippen molar-refractivity contribution in [3.63, 3.8) is 0 Å². The Balaban J connectivity index is 1.40. The molecule has 0 aliphatic carbocycles. The standard InChI is InChI=1S/C20H21BrN6O2S/c1-15-5-4-8-18(22-15)23-19-9-10-20(25-24-19)26-11-13-27(14-12-26)30(28,29)17-7-3-2-6-16(17)21/h2-10H,11-14H2,1H3,(H,22,23,24). The van der Waals surface area contributed by atoms with Crippen LogP contribution in [0.4, 0.5) is 17.5 Å². The lowest BCUT2D eigenvalue weighted by Gasteiger charge is -2.34. The summed E-state index contributed by atoms with van der Waals surface area (Å²) in [5, 5.41) is 11.6.